The van der Waals surface area contributed by atoms with E-state index in [1.807, 2.05) is 18.2 Å². The maximum Gasteiger partial charge on any atom is 0.178 e. The average Bonchev–Trinajstić information content (AvgIpc) is 3.51. The number of halogens is 1. The molecule has 6 aromatic rings. The van der Waals surface area contributed by atoms with Crippen molar-refractivity contribution in [2.75, 3.05) is 12.0 Å². The van der Waals surface area contributed by atoms with Crippen molar-refractivity contribution in [2.24, 2.45) is 0 Å². The quantitative estimate of drug-likeness (QED) is 0.339. The molecule has 0 aliphatic carbocycles. The van der Waals surface area contributed by atoms with E-state index in [1.165, 1.54) is 18.4 Å². The van der Waals surface area contributed by atoms with Crippen LogP contribution in [0.3, 0.4) is 0 Å². The van der Waals surface area contributed by atoms with Gasteiger partial charge in [-0.25, -0.2) is 22.8 Å². The molecule has 0 spiro atoms. The molecule has 0 aliphatic heterocycles. The van der Waals surface area contributed by atoms with Crippen molar-refractivity contribution in [1.29, 1.82) is 0 Å². The van der Waals surface area contributed by atoms with Gasteiger partial charge < -0.3 is 4.98 Å². The first-order valence-corrected chi connectivity index (χ1v) is 13.5. The molecule has 0 atom stereocenters. The fourth-order valence-corrected chi connectivity index (χ4v) is 4.89. The molecule has 0 bridgehead atoms. The van der Waals surface area contributed by atoms with Crippen LogP contribution in [0, 0.1) is 5.82 Å². The highest BCUT2D eigenvalue weighted by atomic mass is 32.2. The predicted octanol–water partition coefficient (Wildman–Crippen LogP) is 4.35. The lowest BCUT2D eigenvalue weighted by atomic mass is 10.0. The minimum atomic E-state index is -3.17. The van der Waals surface area contributed by atoms with E-state index in [4.69, 9.17) is 0 Å². The number of rotatable bonds is 6. The van der Waals surface area contributed by atoms with Crippen molar-refractivity contribution < 1.29 is 12.8 Å². The molecule has 6 rings (SSSR count). The Balaban J connectivity index is 1.44. The minimum Gasteiger partial charge on any atom is -0.335 e. The van der Waals surface area contributed by atoms with Crippen molar-refractivity contribution >= 4 is 31.9 Å². The highest BCUT2D eigenvalue weighted by molar-refractivity contribution is 7.90. The number of imidazole rings is 1. The van der Waals surface area contributed by atoms with Gasteiger partial charge in [0.15, 0.2) is 11.5 Å². The molecule has 0 fully saturated rings. The average molecular weight is 514 g/mol. The van der Waals surface area contributed by atoms with Crippen LogP contribution in [0.1, 0.15) is 5.56 Å². The largest absolute Gasteiger partial charge is 0.335 e. The maximum atomic E-state index is 14.5. The zero-order chi connectivity index (χ0) is 25.6. The van der Waals surface area contributed by atoms with Crippen LogP contribution < -0.4 is 0 Å². The number of hydrogen-bond acceptors (Lipinski definition) is 7. The molecule has 37 heavy (non-hydrogen) atoms. The van der Waals surface area contributed by atoms with Gasteiger partial charge in [0.25, 0.3) is 0 Å². The van der Waals surface area contributed by atoms with Gasteiger partial charge in [0.2, 0.25) is 0 Å². The Labute approximate surface area is 210 Å². The lowest BCUT2D eigenvalue weighted by Gasteiger charge is -2.07. The van der Waals surface area contributed by atoms with E-state index >= 15 is 0 Å². The minimum absolute atomic E-state index is 0.0576. The van der Waals surface area contributed by atoms with Crippen LogP contribution in [-0.4, -0.2) is 55.5 Å². The number of hydrogen-bond donors (Lipinski definition) is 2. The van der Waals surface area contributed by atoms with Gasteiger partial charge in [-0.15, -0.1) is 0 Å². The van der Waals surface area contributed by atoms with Gasteiger partial charge in [-0.05, 0) is 53.9 Å². The zero-order valence-corrected chi connectivity index (χ0v) is 20.4. The molecule has 0 amide bonds. The topological polar surface area (TPSA) is 130 Å². The number of aromatic nitrogens is 7. The summed E-state index contributed by atoms with van der Waals surface area (Å²) < 4.78 is 37.7. The summed E-state index contributed by atoms with van der Waals surface area (Å²) in [4.78, 5) is 21.0. The van der Waals surface area contributed by atoms with Gasteiger partial charge in [-0.2, -0.15) is 5.10 Å². The van der Waals surface area contributed by atoms with Gasteiger partial charge in [0.1, 0.15) is 21.3 Å². The SMILES string of the molecule is CS(=O)(=O)CCc1cc(F)cc(-c2ccnc3nc(-c4n[nH]c5cnc(-c6cccnc6)cc45)[nH]c23)c1. The second kappa shape index (κ2) is 8.86. The molecule has 2 N–H and O–H groups in total. The zero-order valence-electron chi connectivity index (χ0n) is 19.6. The summed E-state index contributed by atoms with van der Waals surface area (Å²) >= 11 is 0. The van der Waals surface area contributed by atoms with Crippen LogP contribution in [-0.2, 0) is 16.3 Å². The van der Waals surface area contributed by atoms with Crippen LogP contribution in [0.5, 0.6) is 0 Å². The van der Waals surface area contributed by atoms with E-state index in [1.54, 1.807) is 36.9 Å². The van der Waals surface area contributed by atoms with Crippen LogP contribution in [0.2, 0.25) is 0 Å². The van der Waals surface area contributed by atoms with Gasteiger partial charge >= 0.3 is 0 Å². The lowest BCUT2D eigenvalue weighted by Crippen LogP contribution is -2.06. The molecule has 184 valence electrons. The fourth-order valence-electron chi connectivity index (χ4n) is 4.29. The summed E-state index contributed by atoms with van der Waals surface area (Å²) in [6.07, 6.45) is 8.16. The summed E-state index contributed by atoms with van der Waals surface area (Å²) in [6.45, 7) is 0. The summed E-state index contributed by atoms with van der Waals surface area (Å²) in [6, 6.07) is 12.0. The Morgan fingerprint density at radius 2 is 1.89 bits per heavy atom. The highest BCUT2D eigenvalue weighted by Crippen LogP contribution is 2.32. The fraction of sp³-hybridized carbons (Fsp3) is 0.115. The van der Waals surface area contributed by atoms with Gasteiger partial charge in [0.05, 0.1) is 28.7 Å². The third-order valence-corrected chi connectivity index (χ3v) is 7.00. The normalized spacial score (nSPS) is 11.9. The number of fused-ring (bicyclic) bond motifs is 2. The Hall–Kier alpha value is -4.51. The smallest absolute Gasteiger partial charge is 0.178 e. The third kappa shape index (κ3) is 4.56. The molecule has 0 radical (unpaired) electrons. The molecule has 0 saturated heterocycles. The molecule has 1 aromatic carbocycles. The number of nitrogens with zero attached hydrogens (tertiary/aromatic N) is 5. The van der Waals surface area contributed by atoms with Gasteiger partial charge in [0, 0.05) is 41.4 Å². The second-order valence-corrected chi connectivity index (χ2v) is 11.1. The van der Waals surface area contributed by atoms with Gasteiger partial charge in [-0.3, -0.25) is 15.1 Å². The number of aromatic amines is 2. The molecule has 0 saturated carbocycles. The number of benzene rings is 1. The summed E-state index contributed by atoms with van der Waals surface area (Å²) in [5, 5.41) is 8.27. The van der Waals surface area contributed by atoms with Gasteiger partial charge in [-0.1, -0.05) is 6.07 Å². The molecule has 5 aromatic heterocycles. The predicted molar refractivity (Wildman–Crippen MR) is 139 cm³/mol. The number of sulfone groups is 1. The van der Waals surface area contributed by atoms with E-state index in [-0.39, 0.29) is 12.2 Å². The van der Waals surface area contributed by atoms with E-state index in [0.717, 1.165) is 22.2 Å². The first-order valence-electron chi connectivity index (χ1n) is 11.4. The summed E-state index contributed by atoms with van der Waals surface area (Å²) in [7, 11) is -3.17. The first-order chi connectivity index (χ1) is 17.8. The maximum absolute atomic E-state index is 14.5. The number of nitrogens with one attached hydrogen (secondary N) is 2. The summed E-state index contributed by atoms with van der Waals surface area (Å²) in [5.41, 5.74) is 5.93. The van der Waals surface area contributed by atoms with E-state index in [2.05, 4.69) is 35.1 Å². The molecular formula is C26H20FN7O2S. The van der Waals surface area contributed by atoms with Crippen LogP contribution >= 0.6 is 0 Å². The van der Waals surface area contributed by atoms with Crippen molar-refractivity contribution in [1.82, 2.24) is 35.1 Å². The van der Waals surface area contributed by atoms with Crippen molar-refractivity contribution in [3.63, 3.8) is 0 Å². The number of aryl methyl sites for hydroxylation is 1. The third-order valence-electron chi connectivity index (χ3n) is 6.05. The molecular weight excluding hydrogens is 493 g/mol. The van der Waals surface area contributed by atoms with E-state index < -0.39 is 15.7 Å². The molecule has 0 aliphatic rings. The van der Waals surface area contributed by atoms with Crippen molar-refractivity contribution in [2.45, 2.75) is 6.42 Å². The van der Waals surface area contributed by atoms with Crippen molar-refractivity contribution in [3.8, 4) is 33.9 Å². The van der Waals surface area contributed by atoms with Crippen LogP contribution in [0.15, 0.2) is 67.3 Å². The number of pyridine rings is 3. The molecule has 11 heteroatoms. The standard InChI is InChI=1S/C26H20FN7O2S/c1-37(35,36)8-5-15-9-17(11-18(27)10-15)19-4-7-29-25-23(19)31-26(32-25)24-20-12-21(16-3-2-6-28-13-16)30-14-22(20)33-34-24/h2-4,6-7,9-14H,5,8H2,1H3,(H,33,34)(H,29,31,32). The van der Waals surface area contributed by atoms with Crippen LogP contribution in [0.25, 0.3) is 56.0 Å². The Bertz CT molecular complexity index is 1880. The van der Waals surface area contributed by atoms with Crippen LogP contribution in [0.4, 0.5) is 4.39 Å². The Morgan fingerprint density at radius 1 is 1.00 bits per heavy atom. The molecule has 9 nitrogen and oxygen atoms in total. The Morgan fingerprint density at radius 3 is 2.70 bits per heavy atom. The molecule has 5 heterocycles. The monoisotopic (exact) mass is 513 g/mol. The second-order valence-electron chi connectivity index (χ2n) is 8.80. The highest BCUT2D eigenvalue weighted by Gasteiger charge is 2.17. The lowest BCUT2D eigenvalue weighted by molar-refractivity contribution is 0.600. The van der Waals surface area contributed by atoms with E-state index in [9.17, 15) is 12.8 Å². The van der Waals surface area contributed by atoms with E-state index in [0.29, 0.717) is 39.4 Å². The molecule has 0 unspecified atom stereocenters. The Kier molecular flexibility index (Phi) is 5.49. The first kappa shape index (κ1) is 22.9. The summed E-state index contributed by atoms with van der Waals surface area (Å²) in [5.74, 6) is -0.00417. The number of H-pyrrole nitrogens is 2. The van der Waals surface area contributed by atoms with Crippen molar-refractivity contribution in [3.05, 3.63) is 78.6 Å².